The van der Waals surface area contributed by atoms with Crippen molar-refractivity contribution in [2.45, 2.75) is 32.6 Å². The number of carbonyl (C=O) groups is 1. The third-order valence-electron chi connectivity index (χ3n) is 3.21. The molecule has 1 aromatic rings. The van der Waals surface area contributed by atoms with Gasteiger partial charge in [-0.05, 0) is 43.4 Å². The van der Waals surface area contributed by atoms with E-state index in [2.05, 4.69) is 5.32 Å². The summed E-state index contributed by atoms with van der Waals surface area (Å²) in [5.74, 6) is 0.0722. The summed E-state index contributed by atoms with van der Waals surface area (Å²) >= 11 is 0. The Labute approximate surface area is 102 Å². The number of benzene rings is 1. The highest BCUT2D eigenvalue weighted by Gasteiger charge is 2.20. The molecule has 2 rings (SSSR count). The maximum Gasteiger partial charge on any atom is 0.337 e. The van der Waals surface area contributed by atoms with Gasteiger partial charge in [-0.2, -0.15) is 0 Å². The van der Waals surface area contributed by atoms with Gasteiger partial charge in [0, 0.05) is 12.2 Å². The first-order chi connectivity index (χ1) is 8.16. The van der Waals surface area contributed by atoms with E-state index in [0.29, 0.717) is 5.56 Å². The van der Waals surface area contributed by atoms with Crippen LogP contribution >= 0.6 is 0 Å². The van der Waals surface area contributed by atoms with Crippen molar-refractivity contribution in [3.05, 3.63) is 29.3 Å². The molecule has 0 spiro atoms. The fraction of sp³-hybridized carbons (Fsp3) is 0.500. The Morgan fingerprint density at radius 1 is 1.47 bits per heavy atom. The summed E-state index contributed by atoms with van der Waals surface area (Å²) in [7, 11) is 0. The van der Waals surface area contributed by atoms with Crippen LogP contribution in [0.1, 0.15) is 41.6 Å². The molecule has 1 aliphatic rings. The van der Waals surface area contributed by atoms with Crippen LogP contribution in [0.2, 0.25) is 0 Å². The van der Waals surface area contributed by atoms with Crippen molar-refractivity contribution in [3.8, 4) is 0 Å². The van der Waals surface area contributed by atoms with Crippen molar-refractivity contribution >= 4 is 11.7 Å². The van der Waals surface area contributed by atoms with Crippen molar-refractivity contribution in [2.75, 3.05) is 11.9 Å². The zero-order valence-corrected chi connectivity index (χ0v) is 10.2. The second-order valence-electron chi connectivity index (χ2n) is 4.87. The largest absolute Gasteiger partial charge is 0.478 e. The predicted octanol–water partition coefficient (Wildman–Crippen LogP) is 3.30. The van der Waals surface area contributed by atoms with E-state index in [-0.39, 0.29) is 0 Å². The topological polar surface area (TPSA) is 49.3 Å². The molecule has 0 saturated heterocycles. The van der Waals surface area contributed by atoms with Crippen molar-refractivity contribution in [1.82, 2.24) is 0 Å². The normalized spacial score (nSPS) is 14.6. The molecule has 0 bridgehead atoms. The number of carboxylic acid groups (broad SMARTS) is 1. The highest BCUT2D eigenvalue weighted by atomic mass is 16.4. The number of aromatic carboxylic acids is 1. The monoisotopic (exact) mass is 233 g/mol. The first-order valence-electron chi connectivity index (χ1n) is 6.24. The molecule has 3 nitrogen and oxygen atoms in total. The quantitative estimate of drug-likeness (QED) is 0.741. The minimum absolute atomic E-state index is 0.363. The summed E-state index contributed by atoms with van der Waals surface area (Å²) < 4.78 is 0. The molecule has 0 aliphatic heterocycles. The first kappa shape index (κ1) is 12.0. The number of carboxylic acids is 1. The summed E-state index contributed by atoms with van der Waals surface area (Å²) in [5, 5.41) is 12.3. The van der Waals surface area contributed by atoms with E-state index in [1.807, 2.05) is 19.1 Å². The minimum atomic E-state index is -0.866. The molecular formula is C14H19NO2. The average molecular weight is 233 g/mol. The SMILES string of the molecule is Cc1ccc(C(=O)O)c(NCCCC2CC2)c1. The molecule has 1 aromatic carbocycles. The zero-order valence-electron chi connectivity index (χ0n) is 10.2. The van der Waals surface area contributed by atoms with E-state index < -0.39 is 5.97 Å². The van der Waals surface area contributed by atoms with Gasteiger partial charge in [0.25, 0.3) is 0 Å². The van der Waals surface area contributed by atoms with Crippen molar-refractivity contribution < 1.29 is 9.90 Å². The fourth-order valence-electron chi connectivity index (χ4n) is 2.01. The molecule has 0 unspecified atom stereocenters. The molecule has 92 valence electrons. The van der Waals surface area contributed by atoms with Crippen LogP contribution in [0.3, 0.4) is 0 Å². The first-order valence-corrected chi connectivity index (χ1v) is 6.24. The van der Waals surface area contributed by atoms with Gasteiger partial charge in [0.15, 0.2) is 0 Å². The highest BCUT2D eigenvalue weighted by Crippen LogP contribution is 2.33. The third kappa shape index (κ3) is 3.48. The lowest BCUT2D eigenvalue weighted by atomic mass is 10.1. The summed E-state index contributed by atoms with van der Waals surface area (Å²) in [5.41, 5.74) is 2.19. The molecular weight excluding hydrogens is 214 g/mol. The van der Waals surface area contributed by atoms with Gasteiger partial charge in [0.05, 0.1) is 5.56 Å². The zero-order chi connectivity index (χ0) is 12.3. The Hall–Kier alpha value is -1.51. The second-order valence-corrected chi connectivity index (χ2v) is 4.87. The maximum atomic E-state index is 11.0. The van der Waals surface area contributed by atoms with Gasteiger partial charge < -0.3 is 10.4 Å². The number of hydrogen-bond acceptors (Lipinski definition) is 2. The Bertz CT molecular complexity index is 411. The van der Waals surface area contributed by atoms with Gasteiger partial charge in [-0.25, -0.2) is 4.79 Å². The van der Waals surface area contributed by atoms with Gasteiger partial charge in [-0.15, -0.1) is 0 Å². The summed E-state index contributed by atoms with van der Waals surface area (Å²) in [6.07, 6.45) is 5.15. The summed E-state index contributed by atoms with van der Waals surface area (Å²) in [6.45, 7) is 2.83. The molecule has 1 fully saturated rings. The van der Waals surface area contributed by atoms with Crippen LogP contribution in [0, 0.1) is 12.8 Å². The van der Waals surface area contributed by atoms with Crippen molar-refractivity contribution in [2.24, 2.45) is 5.92 Å². The molecule has 1 saturated carbocycles. The predicted molar refractivity (Wildman–Crippen MR) is 68.6 cm³/mol. The van der Waals surface area contributed by atoms with E-state index in [4.69, 9.17) is 5.11 Å². The van der Waals surface area contributed by atoms with Gasteiger partial charge in [-0.1, -0.05) is 18.9 Å². The van der Waals surface area contributed by atoms with Crippen LogP contribution in [0.25, 0.3) is 0 Å². The van der Waals surface area contributed by atoms with E-state index in [1.165, 1.54) is 19.3 Å². The van der Waals surface area contributed by atoms with Crippen LogP contribution in [-0.4, -0.2) is 17.6 Å². The fourth-order valence-corrected chi connectivity index (χ4v) is 2.01. The van der Waals surface area contributed by atoms with Gasteiger partial charge >= 0.3 is 5.97 Å². The van der Waals surface area contributed by atoms with E-state index >= 15 is 0 Å². The second kappa shape index (κ2) is 5.21. The average Bonchev–Trinajstić information content (AvgIpc) is 3.08. The lowest BCUT2D eigenvalue weighted by molar-refractivity contribution is 0.0698. The molecule has 0 radical (unpaired) electrons. The smallest absolute Gasteiger partial charge is 0.337 e. The number of anilines is 1. The van der Waals surface area contributed by atoms with Crippen LogP contribution in [0.4, 0.5) is 5.69 Å². The summed E-state index contributed by atoms with van der Waals surface area (Å²) in [4.78, 5) is 11.0. The molecule has 0 aromatic heterocycles. The van der Waals surface area contributed by atoms with Crippen LogP contribution in [0.15, 0.2) is 18.2 Å². The van der Waals surface area contributed by atoms with Crippen molar-refractivity contribution in [1.29, 1.82) is 0 Å². The number of aryl methyl sites for hydroxylation is 1. The molecule has 2 N–H and O–H groups in total. The van der Waals surface area contributed by atoms with Crippen LogP contribution < -0.4 is 5.32 Å². The van der Waals surface area contributed by atoms with E-state index in [9.17, 15) is 4.79 Å². The lowest BCUT2D eigenvalue weighted by Gasteiger charge is -2.10. The molecule has 0 heterocycles. The third-order valence-corrected chi connectivity index (χ3v) is 3.21. The van der Waals surface area contributed by atoms with Gasteiger partial charge in [0.1, 0.15) is 0 Å². The maximum absolute atomic E-state index is 11.0. The number of hydrogen-bond donors (Lipinski definition) is 2. The number of rotatable bonds is 6. The molecule has 1 aliphatic carbocycles. The molecule has 0 atom stereocenters. The van der Waals surface area contributed by atoms with Crippen LogP contribution in [-0.2, 0) is 0 Å². The number of nitrogens with one attached hydrogen (secondary N) is 1. The molecule has 3 heteroatoms. The van der Waals surface area contributed by atoms with Gasteiger partial charge in [-0.3, -0.25) is 0 Å². The van der Waals surface area contributed by atoms with Crippen LogP contribution in [0.5, 0.6) is 0 Å². The Balaban J connectivity index is 1.92. The molecule has 0 amide bonds. The highest BCUT2D eigenvalue weighted by molar-refractivity contribution is 5.94. The summed E-state index contributed by atoms with van der Waals surface area (Å²) in [6, 6.07) is 5.40. The molecule has 17 heavy (non-hydrogen) atoms. The van der Waals surface area contributed by atoms with E-state index in [0.717, 1.165) is 30.1 Å². The standard InChI is InChI=1S/C14H19NO2/c1-10-4-7-12(14(16)17)13(9-10)15-8-2-3-11-5-6-11/h4,7,9,11,15H,2-3,5-6,8H2,1H3,(H,16,17). The Kier molecular flexibility index (Phi) is 3.67. The minimum Gasteiger partial charge on any atom is -0.478 e. The Morgan fingerprint density at radius 3 is 2.88 bits per heavy atom. The van der Waals surface area contributed by atoms with Gasteiger partial charge in [0.2, 0.25) is 0 Å². The lowest BCUT2D eigenvalue weighted by Crippen LogP contribution is -2.08. The van der Waals surface area contributed by atoms with E-state index in [1.54, 1.807) is 6.07 Å². The van der Waals surface area contributed by atoms with Crippen molar-refractivity contribution in [3.63, 3.8) is 0 Å². The Morgan fingerprint density at radius 2 is 2.24 bits per heavy atom.